The normalized spacial score (nSPS) is 13.0. The average Bonchev–Trinajstić information content (AvgIpc) is 3.83. The molecule has 0 aliphatic heterocycles. The highest BCUT2D eigenvalue weighted by Crippen LogP contribution is 2.67. The van der Waals surface area contributed by atoms with Gasteiger partial charge in [0.2, 0.25) is 0 Å². The molecule has 0 radical (unpaired) electrons. The molecule has 3 nitrogen and oxygen atoms in total. The minimum Gasteiger partial charge on any atom is -0.310 e. The molecule has 2 aliphatic carbocycles. The summed E-state index contributed by atoms with van der Waals surface area (Å²) >= 11 is 5.27. The van der Waals surface area contributed by atoms with Crippen LogP contribution >= 0.6 is 34.0 Å². The van der Waals surface area contributed by atoms with Gasteiger partial charge in [-0.05, 0) is 99.3 Å². The van der Waals surface area contributed by atoms with E-state index in [1.54, 1.807) is 40.1 Å². The standard InChI is InChI=1S/C35H19N3S3/c36-20-22(21-37)17-26-19-31-32(41-26)27-12-11-25(38(23-7-3-1-4-8-23)24-9-5-2-6-10-24)18-30(27)35(31)28-13-15-39-33(28)34-29(35)14-16-40-34/h1-19H. The number of hydrogen-bond acceptors (Lipinski definition) is 6. The number of nitrogens with zero attached hydrogens (tertiary/aromatic N) is 3. The van der Waals surface area contributed by atoms with Crippen LogP contribution < -0.4 is 4.90 Å². The Balaban J connectivity index is 1.42. The smallest absolute Gasteiger partial charge is 0.131 e. The molecule has 0 fully saturated rings. The summed E-state index contributed by atoms with van der Waals surface area (Å²) in [4.78, 5) is 7.12. The number of rotatable bonds is 4. The number of fused-ring (bicyclic) bond motifs is 10. The zero-order chi connectivity index (χ0) is 27.6. The van der Waals surface area contributed by atoms with Gasteiger partial charge >= 0.3 is 0 Å². The molecule has 192 valence electrons. The van der Waals surface area contributed by atoms with Crippen molar-refractivity contribution in [3.63, 3.8) is 0 Å². The third kappa shape index (κ3) is 3.33. The molecular formula is C35H19N3S3. The first-order valence-corrected chi connectivity index (χ1v) is 15.7. The lowest BCUT2D eigenvalue weighted by molar-refractivity contribution is 0.800. The molecule has 41 heavy (non-hydrogen) atoms. The third-order valence-corrected chi connectivity index (χ3v) is 11.1. The van der Waals surface area contributed by atoms with Gasteiger partial charge in [0, 0.05) is 36.6 Å². The van der Waals surface area contributed by atoms with Gasteiger partial charge in [-0.3, -0.25) is 0 Å². The van der Waals surface area contributed by atoms with E-state index in [1.807, 2.05) is 24.3 Å². The first-order valence-electron chi connectivity index (χ1n) is 13.1. The third-order valence-electron chi connectivity index (χ3n) is 7.97. The van der Waals surface area contributed by atoms with E-state index in [0.29, 0.717) is 0 Å². The zero-order valence-electron chi connectivity index (χ0n) is 21.5. The lowest BCUT2D eigenvalue weighted by Crippen LogP contribution is -2.25. The minimum atomic E-state index is -0.438. The highest BCUT2D eigenvalue weighted by molar-refractivity contribution is 7.21. The molecule has 0 bridgehead atoms. The van der Waals surface area contributed by atoms with Crippen molar-refractivity contribution in [3.8, 4) is 32.3 Å². The maximum atomic E-state index is 9.43. The summed E-state index contributed by atoms with van der Waals surface area (Å²) in [6.07, 6.45) is 1.72. The monoisotopic (exact) mass is 577 g/mol. The van der Waals surface area contributed by atoms with Gasteiger partial charge in [0.05, 0.1) is 5.41 Å². The molecule has 0 N–H and O–H groups in total. The van der Waals surface area contributed by atoms with Crippen molar-refractivity contribution in [2.24, 2.45) is 0 Å². The molecule has 0 amide bonds. The predicted molar refractivity (Wildman–Crippen MR) is 170 cm³/mol. The fourth-order valence-electron chi connectivity index (χ4n) is 6.40. The summed E-state index contributed by atoms with van der Waals surface area (Å²) in [7, 11) is 0. The molecule has 1 spiro atoms. The molecule has 0 saturated carbocycles. The van der Waals surface area contributed by atoms with Crippen molar-refractivity contribution in [3.05, 3.63) is 141 Å². The van der Waals surface area contributed by atoms with Gasteiger partial charge in [0.25, 0.3) is 0 Å². The Hall–Kier alpha value is -4.72. The molecule has 0 atom stereocenters. The topological polar surface area (TPSA) is 50.8 Å². The lowest BCUT2D eigenvalue weighted by atomic mass is 9.72. The van der Waals surface area contributed by atoms with E-state index in [0.717, 1.165) is 21.9 Å². The van der Waals surface area contributed by atoms with Gasteiger partial charge in [0.15, 0.2) is 0 Å². The van der Waals surface area contributed by atoms with E-state index >= 15 is 0 Å². The molecule has 6 aromatic rings. The molecule has 8 rings (SSSR count). The van der Waals surface area contributed by atoms with Gasteiger partial charge < -0.3 is 4.90 Å². The molecule has 2 aliphatic rings. The lowest BCUT2D eigenvalue weighted by Gasteiger charge is -2.31. The van der Waals surface area contributed by atoms with Gasteiger partial charge in [0.1, 0.15) is 17.7 Å². The second kappa shape index (κ2) is 9.16. The van der Waals surface area contributed by atoms with Gasteiger partial charge in [-0.1, -0.05) is 42.5 Å². The number of thiophene rings is 3. The van der Waals surface area contributed by atoms with Crippen molar-refractivity contribution < 1.29 is 0 Å². The van der Waals surface area contributed by atoms with Crippen LogP contribution in [0.4, 0.5) is 17.1 Å². The highest BCUT2D eigenvalue weighted by atomic mass is 32.1. The van der Waals surface area contributed by atoms with Crippen LogP contribution in [-0.2, 0) is 5.41 Å². The Kier molecular flexibility index (Phi) is 5.39. The van der Waals surface area contributed by atoms with Gasteiger partial charge in [-0.25, -0.2) is 0 Å². The Morgan fingerprint density at radius 1 is 0.634 bits per heavy atom. The van der Waals surface area contributed by atoms with Crippen molar-refractivity contribution in [2.75, 3.05) is 4.90 Å². The average molecular weight is 578 g/mol. The van der Waals surface area contributed by atoms with Crippen molar-refractivity contribution >= 4 is 57.1 Å². The largest absolute Gasteiger partial charge is 0.310 e. The SMILES string of the molecule is N#CC(C#N)=Cc1cc2c(s1)-c1ccc(N(c3ccccc3)c3ccccc3)cc1C21c2ccsc2-c2sccc21. The molecule has 3 aromatic carbocycles. The van der Waals surface area contributed by atoms with Crippen LogP contribution in [0.15, 0.2) is 113 Å². The van der Waals surface area contributed by atoms with Crippen LogP contribution in [0.5, 0.6) is 0 Å². The Morgan fingerprint density at radius 3 is 1.83 bits per heavy atom. The van der Waals surface area contributed by atoms with Crippen LogP contribution in [0.2, 0.25) is 0 Å². The number of anilines is 3. The Morgan fingerprint density at radius 2 is 1.24 bits per heavy atom. The maximum Gasteiger partial charge on any atom is 0.131 e. The van der Waals surface area contributed by atoms with E-state index in [2.05, 4.69) is 101 Å². The number of allylic oxidation sites excluding steroid dienone is 1. The van der Waals surface area contributed by atoms with Crippen LogP contribution in [0.3, 0.4) is 0 Å². The Labute approximate surface area is 249 Å². The van der Waals surface area contributed by atoms with Crippen molar-refractivity contribution in [2.45, 2.75) is 5.41 Å². The molecule has 3 aromatic heterocycles. The molecule has 0 saturated heterocycles. The summed E-state index contributed by atoms with van der Waals surface area (Å²) in [6.45, 7) is 0. The number of benzene rings is 3. The van der Waals surface area contributed by atoms with Crippen LogP contribution in [0.25, 0.3) is 26.3 Å². The second-order valence-electron chi connectivity index (χ2n) is 9.99. The van der Waals surface area contributed by atoms with Crippen LogP contribution in [0.1, 0.15) is 27.1 Å². The van der Waals surface area contributed by atoms with Crippen molar-refractivity contribution in [1.29, 1.82) is 10.5 Å². The number of hydrogen-bond donors (Lipinski definition) is 0. The van der Waals surface area contributed by atoms with E-state index in [4.69, 9.17) is 0 Å². The first-order chi connectivity index (χ1) is 20.2. The van der Waals surface area contributed by atoms with Crippen molar-refractivity contribution in [1.82, 2.24) is 0 Å². The van der Waals surface area contributed by atoms with E-state index in [9.17, 15) is 10.5 Å². The molecule has 0 unspecified atom stereocenters. The second-order valence-corrected chi connectivity index (χ2v) is 12.9. The maximum absolute atomic E-state index is 9.43. The van der Waals surface area contributed by atoms with Gasteiger partial charge in [-0.15, -0.1) is 34.0 Å². The fraction of sp³-hybridized carbons (Fsp3) is 0.0286. The van der Waals surface area contributed by atoms with E-state index in [-0.39, 0.29) is 5.57 Å². The number of nitriles is 2. The van der Waals surface area contributed by atoms with E-state index in [1.165, 1.54) is 42.4 Å². The summed E-state index contributed by atoms with van der Waals surface area (Å²) < 4.78 is 0. The first kappa shape index (κ1) is 24.1. The highest BCUT2D eigenvalue weighted by Gasteiger charge is 2.54. The van der Waals surface area contributed by atoms with E-state index < -0.39 is 5.41 Å². The fourth-order valence-corrected chi connectivity index (χ4v) is 9.70. The van der Waals surface area contributed by atoms with Crippen LogP contribution in [-0.4, -0.2) is 0 Å². The summed E-state index contributed by atoms with van der Waals surface area (Å²) in [6, 6.07) is 38.7. The summed E-state index contributed by atoms with van der Waals surface area (Å²) in [5.41, 5.74) is 9.36. The number of para-hydroxylation sites is 2. The molecule has 6 heteroatoms. The summed E-state index contributed by atoms with van der Waals surface area (Å²) in [5.74, 6) is 0. The predicted octanol–water partition coefficient (Wildman–Crippen LogP) is 10.1. The zero-order valence-corrected chi connectivity index (χ0v) is 24.0. The minimum absolute atomic E-state index is 0.120. The quantitative estimate of drug-likeness (QED) is 0.196. The molecular weight excluding hydrogens is 559 g/mol. The van der Waals surface area contributed by atoms with Crippen LogP contribution in [0, 0.1) is 22.7 Å². The van der Waals surface area contributed by atoms with Gasteiger partial charge in [-0.2, -0.15) is 10.5 Å². The molecule has 3 heterocycles. The summed E-state index contributed by atoms with van der Waals surface area (Å²) in [5, 5.41) is 23.3. The Bertz CT molecular complexity index is 1990.